The monoisotopic (exact) mass is 251 g/mol. The summed E-state index contributed by atoms with van der Waals surface area (Å²) in [6.07, 6.45) is 3.85. The molecule has 1 unspecified atom stereocenters. The first-order valence-electron chi connectivity index (χ1n) is 6.49. The molecule has 2 rings (SSSR count). The van der Waals surface area contributed by atoms with Gasteiger partial charge in [0.1, 0.15) is 5.82 Å². The van der Waals surface area contributed by atoms with Crippen molar-refractivity contribution < 1.29 is 9.84 Å². The Balaban J connectivity index is 1.56. The quantitative estimate of drug-likeness (QED) is 0.710. The van der Waals surface area contributed by atoms with E-state index in [1.807, 2.05) is 13.0 Å². The molecule has 5 nitrogen and oxygen atoms in total. The summed E-state index contributed by atoms with van der Waals surface area (Å²) < 4.78 is 5.43. The van der Waals surface area contributed by atoms with Crippen LogP contribution in [-0.2, 0) is 11.3 Å². The average molecular weight is 251 g/mol. The van der Waals surface area contributed by atoms with E-state index in [9.17, 15) is 5.11 Å². The van der Waals surface area contributed by atoms with Crippen molar-refractivity contribution in [1.82, 2.24) is 15.3 Å². The van der Waals surface area contributed by atoms with E-state index in [1.165, 1.54) is 12.8 Å². The van der Waals surface area contributed by atoms with Gasteiger partial charge in [-0.2, -0.15) is 0 Å². The molecule has 0 bridgehead atoms. The number of hydrogen-bond donors (Lipinski definition) is 2. The van der Waals surface area contributed by atoms with Gasteiger partial charge in [0.25, 0.3) is 0 Å². The first-order chi connectivity index (χ1) is 8.74. The van der Waals surface area contributed by atoms with Gasteiger partial charge >= 0.3 is 0 Å². The Bertz CT molecular complexity index is 369. The van der Waals surface area contributed by atoms with Crippen molar-refractivity contribution in [3.8, 4) is 0 Å². The van der Waals surface area contributed by atoms with E-state index < -0.39 is 6.10 Å². The number of nitrogens with zero attached hydrogens (tertiary/aromatic N) is 2. The van der Waals surface area contributed by atoms with Crippen molar-refractivity contribution in [1.29, 1.82) is 0 Å². The summed E-state index contributed by atoms with van der Waals surface area (Å²) in [6, 6.07) is 1.87. The van der Waals surface area contributed by atoms with Crippen molar-refractivity contribution in [2.24, 2.45) is 5.92 Å². The molecule has 1 atom stereocenters. The second kappa shape index (κ2) is 6.78. The lowest BCUT2D eigenvalue weighted by Crippen LogP contribution is -2.30. The Morgan fingerprint density at radius 1 is 1.56 bits per heavy atom. The fourth-order valence-electron chi connectivity index (χ4n) is 1.68. The van der Waals surface area contributed by atoms with E-state index in [0.717, 1.165) is 24.0 Å². The number of rotatable bonds is 8. The first kappa shape index (κ1) is 13.4. The molecule has 1 aromatic heterocycles. The Morgan fingerprint density at radius 3 is 3.11 bits per heavy atom. The lowest BCUT2D eigenvalue weighted by Gasteiger charge is -2.12. The fraction of sp³-hybridized carbons (Fsp3) is 0.692. The molecule has 18 heavy (non-hydrogen) atoms. The van der Waals surface area contributed by atoms with Crippen LogP contribution in [0.3, 0.4) is 0 Å². The van der Waals surface area contributed by atoms with Gasteiger partial charge in [-0.1, -0.05) is 0 Å². The highest BCUT2D eigenvalue weighted by molar-refractivity contribution is 5.00. The molecule has 0 aliphatic heterocycles. The Hall–Kier alpha value is -1.04. The summed E-state index contributed by atoms with van der Waals surface area (Å²) in [5.41, 5.74) is 0.939. The van der Waals surface area contributed by atoms with Crippen LogP contribution in [0.5, 0.6) is 0 Å². The summed E-state index contributed by atoms with van der Waals surface area (Å²) >= 11 is 0. The first-order valence-corrected chi connectivity index (χ1v) is 6.49. The van der Waals surface area contributed by atoms with Gasteiger partial charge in [0.15, 0.2) is 0 Å². The zero-order chi connectivity index (χ0) is 12.8. The summed E-state index contributed by atoms with van der Waals surface area (Å²) in [5.74, 6) is 1.51. The van der Waals surface area contributed by atoms with Gasteiger partial charge < -0.3 is 15.2 Å². The highest BCUT2D eigenvalue weighted by Gasteiger charge is 2.21. The number of ether oxygens (including phenoxy) is 1. The van der Waals surface area contributed by atoms with E-state index in [0.29, 0.717) is 19.7 Å². The molecule has 0 aromatic carbocycles. The van der Waals surface area contributed by atoms with Crippen LogP contribution in [0.15, 0.2) is 12.3 Å². The third kappa shape index (κ3) is 5.08. The molecular weight excluding hydrogens is 230 g/mol. The van der Waals surface area contributed by atoms with Crippen LogP contribution < -0.4 is 5.32 Å². The predicted molar refractivity (Wildman–Crippen MR) is 68.0 cm³/mol. The molecule has 1 aliphatic carbocycles. The average Bonchev–Trinajstić information content (AvgIpc) is 3.13. The molecular formula is C13H21N3O2. The van der Waals surface area contributed by atoms with Crippen LogP contribution in [0, 0.1) is 12.8 Å². The van der Waals surface area contributed by atoms with Crippen LogP contribution in [0.4, 0.5) is 0 Å². The highest BCUT2D eigenvalue weighted by atomic mass is 16.5. The Labute approximate surface area is 108 Å². The zero-order valence-corrected chi connectivity index (χ0v) is 10.8. The van der Waals surface area contributed by atoms with Gasteiger partial charge in [-0.05, 0) is 31.7 Å². The highest BCUT2D eigenvalue weighted by Crippen LogP contribution is 2.28. The van der Waals surface area contributed by atoms with E-state index in [-0.39, 0.29) is 0 Å². The number of hydrogen-bond acceptors (Lipinski definition) is 5. The van der Waals surface area contributed by atoms with Crippen molar-refractivity contribution in [3.05, 3.63) is 23.8 Å². The van der Waals surface area contributed by atoms with Crippen molar-refractivity contribution in [2.75, 3.05) is 19.8 Å². The van der Waals surface area contributed by atoms with Crippen LogP contribution in [-0.4, -0.2) is 40.9 Å². The molecule has 5 heteroatoms. The minimum absolute atomic E-state index is 0.409. The molecule has 2 N–H and O–H groups in total. The van der Waals surface area contributed by atoms with Crippen LogP contribution in [0.2, 0.25) is 0 Å². The maximum atomic E-state index is 9.69. The molecule has 1 aliphatic rings. The standard InChI is InChI=1S/C13H21N3O2/c1-10-15-5-4-12(16-10)6-14-7-13(17)9-18-8-11-2-3-11/h4-5,11,13-14,17H,2-3,6-9H2,1H3. The predicted octanol–water partition coefficient (Wildman–Crippen LogP) is 0.662. The smallest absolute Gasteiger partial charge is 0.125 e. The summed E-state index contributed by atoms with van der Waals surface area (Å²) in [4.78, 5) is 8.31. The van der Waals surface area contributed by atoms with Crippen LogP contribution in [0.1, 0.15) is 24.4 Å². The van der Waals surface area contributed by atoms with Crippen LogP contribution >= 0.6 is 0 Å². The maximum absolute atomic E-state index is 9.69. The van der Waals surface area contributed by atoms with E-state index >= 15 is 0 Å². The third-order valence-corrected chi connectivity index (χ3v) is 2.88. The molecule has 1 aromatic rings. The lowest BCUT2D eigenvalue weighted by atomic mass is 10.3. The summed E-state index contributed by atoms with van der Waals surface area (Å²) in [5, 5.41) is 12.9. The second-order valence-electron chi connectivity index (χ2n) is 4.86. The van der Waals surface area contributed by atoms with Gasteiger partial charge in [-0.25, -0.2) is 9.97 Å². The molecule has 0 amide bonds. The number of aliphatic hydroxyl groups excluding tert-OH is 1. The van der Waals surface area contributed by atoms with Crippen LogP contribution in [0.25, 0.3) is 0 Å². The Morgan fingerprint density at radius 2 is 2.39 bits per heavy atom. The SMILES string of the molecule is Cc1nccc(CNCC(O)COCC2CC2)n1. The van der Waals surface area contributed by atoms with Gasteiger partial charge in [-0.3, -0.25) is 0 Å². The van der Waals surface area contributed by atoms with Gasteiger partial charge in [-0.15, -0.1) is 0 Å². The minimum atomic E-state index is -0.452. The molecule has 0 saturated heterocycles. The summed E-state index contributed by atoms with van der Waals surface area (Å²) in [7, 11) is 0. The number of nitrogens with one attached hydrogen (secondary N) is 1. The van der Waals surface area contributed by atoms with E-state index in [4.69, 9.17) is 4.74 Å². The molecule has 0 radical (unpaired) electrons. The Kier molecular flexibility index (Phi) is 5.04. The van der Waals surface area contributed by atoms with Crippen molar-refractivity contribution in [3.63, 3.8) is 0 Å². The lowest BCUT2D eigenvalue weighted by molar-refractivity contribution is 0.0324. The fourth-order valence-corrected chi connectivity index (χ4v) is 1.68. The number of aliphatic hydroxyl groups is 1. The maximum Gasteiger partial charge on any atom is 0.125 e. The van der Waals surface area contributed by atoms with Crippen molar-refractivity contribution in [2.45, 2.75) is 32.4 Å². The number of aromatic nitrogens is 2. The van der Waals surface area contributed by atoms with E-state index in [2.05, 4.69) is 15.3 Å². The minimum Gasteiger partial charge on any atom is -0.389 e. The molecule has 0 spiro atoms. The molecule has 1 heterocycles. The topological polar surface area (TPSA) is 67.3 Å². The second-order valence-corrected chi connectivity index (χ2v) is 4.86. The normalized spacial score (nSPS) is 16.8. The molecule has 1 fully saturated rings. The van der Waals surface area contributed by atoms with Crippen molar-refractivity contribution >= 4 is 0 Å². The van der Waals surface area contributed by atoms with Gasteiger partial charge in [0.2, 0.25) is 0 Å². The molecule has 100 valence electrons. The largest absolute Gasteiger partial charge is 0.389 e. The zero-order valence-electron chi connectivity index (χ0n) is 10.8. The van der Waals surface area contributed by atoms with E-state index in [1.54, 1.807) is 6.20 Å². The summed E-state index contributed by atoms with van der Waals surface area (Å²) in [6.45, 7) is 4.23. The molecule has 1 saturated carbocycles. The van der Waals surface area contributed by atoms with Gasteiger partial charge in [0.05, 0.1) is 18.4 Å². The number of aryl methyl sites for hydroxylation is 1. The van der Waals surface area contributed by atoms with Gasteiger partial charge in [0, 0.05) is 25.9 Å². The third-order valence-electron chi connectivity index (χ3n) is 2.88.